The molecule has 0 radical (unpaired) electrons. The largest absolute Gasteiger partial charge is 0.379 e. The Morgan fingerprint density at radius 3 is 1.33 bits per heavy atom. The molecule has 0 aromatic rings. The van der Waals surface area contributed by atoms with Crippen LogP contribution in [0.5, 0.6) is 0 Å². The Labute approximate surface area is 227 Å². The highest BCUT2D eigenvalue weighted by Crippen LogP contribution is 2.12. The third-order valence-electron chi connectivity index (χ3n) is 7.22. The van der Waals surface area contributed by atoms with Crippen LogP contribution in [0, 0.1) is 0 Å². The highest BCUT2D eigenvalue weighted by atomic mass is 16.5. The van der Waals surface area contributed by atoms with Crippen molar-refractivity contribution in [2.24, 2.45) is 5.73 Å². The Kier molecular flexibility index (Phi) is 32.3. The fourth-order valence-electron chi connectivity index (χ4n) is 4.69. The van der Waals surface area contributed by atoms with Gasteiger partial charge in [0.15, 0.2) is 0 Å². The third kappa shape index (κ3) is 29.8. The van der Waals surface area contributed by atoms with Crippen LogP contribution in [0.4, 0.5) is 0 Å². The molecule has 0 bridgehead atoms. The zero-order chi connectivity index (χ0) is 26.2. The normalized spacial score (nSPS) is 12.6. The molecular formula is C33H67NO2. The second kappa shape index (κ2) is 32.6. The van der Waals surface area contributed by atoms with Crippen LogP contribution < -0.4 is 5.73 Å². The molecular weight excluding hydrogens is 442 g/mol. The van der Waals surface area contributed by atoms with E-state index in [1.54, 1.807) is 0 Å². The maximum atomic E-state index is 5.94. The molecule has 0 aliphatic carbocycles. The second-order valence-electron chi connectivity index (χ2n) is 10.9. The summed E-state index contributed by atoms with van der Waals surface area (Å²) < 4.78 is 11.8. The van der Waals surface area contributed by atoms with E-state index in [2.05, 4.69) is 26.0 Å². The van der Waals surface area contributed by atoms with Crippen LogP contribution in [0.25, 0.3) is 0 Å². The van der Waals surface area contributed by atoms with Crippen LogP contribution in [0.3, 0.4) is 0 Å². The summed E-state index contributed by atoms with van der Waals surface area (Å²) in [5, 5.41) is 0. The Hall–Kier alpha value is -0.380. The minimum Gasteiger partial charge on any atom is -0.379 e. The van der Waals surface area contributed by atoms with Crippen molar-refractivity contribution >= 4 is 0 Å². The lowest BCUT2D eigenvalue weighted by Gasteiger charge is -2.16. The van der Waals surface area contributed by atoms with Crippen molar-refractivity contribution in [1.29, 1.82) is 0 Å². The number of ether oxygens (including phenoxy) is 2. The topological polar surface area (TPSA) is 44.5 Å². The molecule has 3 heteroatoms. The quantitative estimate of drug-likeness (QED) is 0.0746. The third-order valence-corrected chi connectivity index (χ3v) is 7.22. The average Bonchev–Trinajstić information content (AvgIpc) is 2.89. The van der Waals surface area contributed by atoms with Crippen molar-refractivity contribution in [3.63, 3.8) is 0 Å². The molecule has 3 nitrogen and oxygen atoms in total. The van der Waals surface area contributed by atoms with E-state index in [1.165, 1.54) is 141 Å². The summed E-state index contributed by atoms with van der Waals surface area (Å²) in [5.41, 5.74) is 5.87. The number of hydrogen-bond donors (Lipinski definition) is 1. The molecule has 0 aliphatic heterocycles. The zero-order valence-corrected chi connectivity index (χ0v) is 24.9. The van der Waals surface area contributed by atoms with E-state index in [0.29, 0.717) is 13.2 Å². The van der Waals surface area contributed by atoms with Crippen molar-refractivity contribution in [1.82, 2.24) is 0 Å². The lowest BCUT2D eigenvalue weighted by Crippen LogP contribution is -2.29. The van der Waals surface area contributed by atoms with Gasteiger partial charge in [0.2, 0.25) is 0 Å². The van der Waals surface area contributed by atoms with E-state index in [1.807, 2.05) is 0 Å². The van der Waals surface area contributed by atoms with Crippen LogP contribution in [0.15, 0.2) is 12.2 Å². The highest BCUT2D eigenvalue weighted by Gasteiger charge is 2.06. The molecule has 36 heavy (non-hydrogen) atoms. The van der Waals surface area contributed by atoms with Crippen LogP contribution in [0.2, 0.25) is 0 Å². The summed E-state index contributed by atoms with van der Waals surface area (Å²) in [6, 6.07) is 0. The minimum atomic E-state index is 0.0673. The van der Waals surface area contributed by atoms with Crippen molar-refractivity contribution in [3.8, 4) is 0 Å². The maximum absolute atomic E-state index is 5.94. The van der Waals surface area contributed by atoms with Crippen molar-refractivity contribution < 1.29 is 9.47 Å². The summed E-state index contributed by atoms with van der Waals surface area (Å²) >= 11 is 0. The van der Waals surface area contributed by atoms with E-state index in [9.17, 15) is 0 Å². The second-order valence-corrected chi connectivity index (χ2v) is 10.9. The van der Waals surface area contributed by atoms with Crippen LogP contribution in [0.1, 0.15) is 168 Å². The monoisotopic (exact) mass is 510 g/mol. The van der Waals surface area contributed by atoms with Crippen LogP contribution in [-0.4, -0.2) is 32.5 Å². The van der Waals surface area contributed by atoms with Gasteiger partial charge in [-0.05, 0) is 38.5 Å². The molecule has 0 aromatic heterocycles. The maximum Gasteiger partial charge on any atom is 0.0930 e. The molecule has 216 valence electrons. The Morgan fingerprint density at radius 1 is 0.500 bits per heavy atom. The van der Waals surface area contributed by atoms with Gasteiger partial charge < -0.3 is 15.2 Å². The number of allylic oxidation sites excluding steroid dienone is 2. The first-order chi connectivity index (χ1) is 17.8. The fraction of sp³-hybridized carbons (Fsp3) is 0.939. The molecule has 0 spiro atoms. The van der Waals surface area contributed by atoms with Gasteiger partial charge in [0, 0.05) is 19.8 Å². The predicted octanol–water partition coefficient (Wildman–Crippen LogP) is 10.3. The van der Waals surface area contributed by atoms with Gasteiger partial charge in [0.05, 0.1) is 12.7 Å². The molecule has 0 fully saturated rings. The molecule has 2 N–H and O–H groups in total. The van der Waals surface area contributed by atoms with Gasteiger partial charge in [0.1, 0.15) is 0 Å². The van der Waals surface area contributed by atoms with Gasteiger partial charge in [-0.1, -0.05) is 142 Å². The number of hydrogen-bond acceptors (Lipinski definition) is 3. The lowest BCUT2D eigenvalue weighted by molar-refractivity contribution is -0.0136. The number of nitrogens with two attached hydrogens (primary N) is 1. The van der Waals surface area contributed by atoms with Crippen molar-refractivity contribution in [2.45, 2.75) is 174 Å². The van der Waals surface area contributed by atoms with Crippen LogP contribution >= 0.6 is 0 Å². The molecule has 0 saturated carbocycles. The first-order valence-electron chi connectivity index (χ1n) is 16.4. The zero-order valence-electron chi connectivity index (χ0n) is 24.9. The SMILES string of the molecule is CCCCCCCC/C=C/CCCCCCCCOCC(CN)OCCCCCCCCCCCC. The van der Waals surface area contributed by atoms with Gasteiger partial charge in [-0.2, -0.15) is 0 Å². The summed E-state index contributed by atoms with van der Waals surface area (Å²) in [4.78, 5) is 0. The van der Waals surface area contributed by atoms with E-state index in [4.69, 9.17) is 15.2 Å². The van der Waals surface area contributed by atoms with Gasteiger partial charge in [-0.25, -0.2) is 0 Å². The number of rotatable bonds is 31. The molecule has 0 amide bonds. The molecule has 0 aromatic carbocycles. The minimum absolute atomic E-state index is 0.0673. The van der Waals surface area contributed by atoms with Gasteiger partial charge >= 0.3 is 0 Å². The standard InChI is InChI=1S/C33H67NO2/c1-3-5-7-9-11-13-15-16-17-18-19-20-21-23-25-27-29-35-32-33(31-34)36-30-28-26-24-22-14-12-10-8-6-4-2/h16-17,33H,3-15,18-32,34H2,1-2H3/b17-16+. The molecule has 0 heterocycles. The summed E-state index contributed by atoms with van der Waals surface area (Å²) in [7, 11) is 0. The summed E-state index contributed by atoms with van der Waals surface area (Å²) in [6.07, 6.45) is 37.2. The number of unbranched alkanes of at least 4 members (excludes halogenated alkanes) is 21. The van der Waals surface area contributed by atoms with E-state index in [-0.39, 0.29) is 6.10 Å². The van der Waals surface area contributed by atoms with Gasteiger partial charge in [0.25, 0.3) is 0 Å². The molecule has 1 unspecified atom stereocenters. The van der Waals surface area contributed by atoms with E-state index in [0.717, 1.165) is 26.1 Å². The Bertz CT molecular complexity index is 412. The fourth-order valence-corrected chi connectivity index (χ4v) is 4.69. The first-order valence-corrected chi connectivity index (χ1v) is 16.4. The Morgan fingerprint density at radius 2 is 0.889 bits per heavy atom. The van der Waals surface area contributed by atoms with Crippen molar-refractivity contribution in [3.05, 3.63) is 12.2 Å². The molecule has 1 atom stereocenters. The Balaban J connectivity index is 3.29. The predicted molar refractivity (Wildman–Crippen MR) is 161 cm³/mol. The summed E-state index contributed by atoms with van der Waals surface area (Å²) in [5.74, 6) is 0. The van der Waals surface area contributed by atoms with E-state index >= 15 is 0 Å². The smallest absolute Gasteiger partial charge is 0.0930 e. The lowest BCUT2D eigenvalue weighted by atomic mass is 10.1. The van der Waals surface area contributed by atoms with E-state index < -0.39 is 0 Å². The van der Waals surface area contributed by atoms with Crippen molar-refractivity contribution in [2.75, 3.05) is 26.4 Å². The first kappa shape index (κ1) is 35.6. The average molecular weight is 510 g/mol. The molecule has 0 aliphatic rings. The van der Waals surface area contributed by atoms with Gasteiger partial charge in [-0.15, -0.1) is 0 Å². The summed E-state index contributed by atoms with van der Waals surface area (Å²) in [6.45, 7) is 7.45. The molecule has 0 rings (SSSR count). The van der Waals surface area contributed by atoms with Crippen LogP contribution in [-0.2, 0) is 9.47 Å². The molecule has 0 saturated heterocycles. The highest BCUT2D eigenvalue weighted by molar-refractivity contribution is 4.81. The van der Waals surface area contributed by atoms with Gasteiger partial charge in [-0.3, -0.25) is 0 Å².